The van der Waals surface area contributed by atoms with Crippen LogP contribution in [-0.2, 0) is 16.0 Å². The zero-order chi connectivity index (χ0) is 26.5. The van der Waals surface area contributed by atoms with E-state index in [-0.39, 0.29) is 30.4 Å². The molecule has 0 spiro atoms. The van der Waals surface area contributed by atoms with Crippen LogP contribution in [0.2, 0.25) is 5.02 Å². The summed E-state index contributed by atoms with van der Waals surface area (Å²) in [6.07, 6.45) is 9.32. The standard InChI is InChI=1S/C32H37ClN4O2/c33-23-12-10-22(11-13-23)31-30-26(25-8-4-5-9-27(25)34-30)18-28-32(39)36(20-29(38)37(28)31)24-14-16-35(17-15-24)19-21-6-2-1-3-7-21/h4-5,8-13,21,24,28,31,34H,1-3,6-7,14-20H2/t28-,31-/m0/s1. The van der Waals surface area contributed by atoms with Gasteiger partial charge >= 0.3 is 0 Å². The van der Waals surface area contributed by atoms with Crippen LogP contribution in [0.25, 0.3) is 10.9 Å². The number of piperidine rings is 1. The van der Waals surface area contributed by atoms with Crippen molar-refractivity contribution in [3.05, 3.63) is 70.4 Å². The van der Waals surface area contributed by atoms with Crippen LogP contribution < -0.4 is 0 Å². The number of aromatic amines is 1. The van der Waals surface area contributed by atoms with Gasteiger partial charge < -0.3 is 19.7 Å². The molecule has 0 unspecified atom stereocenters. The minimum Gasteiger partial charge on any atom is -0.356 e. The molecule has 1 aliphatic carbocycles. The number of nitrogens with one attached hydrogen (secondary N) is 1. The van der Waals surface area contributed by atoms with Gasteiger partial charge in [0, 0.05) is 53.7 Å². The summed E-state index contributed by atoms with van der Waals surface area (Å²) in [6.45, 7) is 3.41. The summed E-state index contributed by atoms with van der Waals surface area (Å²) in [5.41, 5.74) is 4.18. The first-order valence-corrected chi connectivity index (χ1v) is 15.1. The molecule has 7 rings (SSSR count). The summed E-state index contributed by atoms with van der Waals surface area (Å²) in [5.74, 6) is 0.975. The number of aromatic nitrogens is 1. The maximum absolute atomic E-state index is 14.2. The number of carbonyl (C=O) groups is 2. The minimum atomic E-state index is -0.487. The zero-order valence-electron chi connectivity index (χ0n) is 22.4. The molecule has 1 aromatic heterocycles. The molecule has 1 saturated carbocycles. The number of piperazine rings is 1. The number of carbonyl (C=O) groups excluding carboxylic acids is 2. The summed E-state index contributed by atoms with van der Waals surface area (Å²) < 4.78 is 0. The number of rotatable bonds is 4. The zero-order valence-corrected chi connectivity index (χ0v) is 23.2. The molecule has 0 radical (unpaired) electrons. The van der Waals surface area contributed by atoms with Gasteiger partial charge in [0.25, 0.3) is 0 Å². The van der Waals surface area contributed by atoms with E-state index in [1.54, 1.807) is 0 Å². The van der Waals surface area contributed by atoms with Gasteiger partial charge in [-0.3, -0.25) is 9.59 Å². The maximum Gasteiger partial charge on any atom is 0.246 e. The van der Waals surface area contributed by atoms with Crippen LogP contribution in [0.1, 0.15) is 67.8 Å². The van der Waals surface area contributed by atoms with Crippen LogP contribution in [0.3, 0.4) is 0 Å². The Morgan fingerprint density at radius 2 is 1.64 bits per heavy atom. The van der Waals surface area contributed by atoms with E-state index < -0.39 is 6.04 Å². The first-order valence-electron chi connectivity index (χ1n) is 14.8. The smallest absolute Gasteiger partial charge is 0.246 e. The molecule has 3 fully saturated rings. The van der Waals surface area contributed by atoms with Crippen molar-refractivity contribution in [2.45, 2.75) is 69.5 Å². The molecule has 0 bridgehead atoms. The summed E-state index contributed by atoms with van der Waals surface area (Å²) in [7, 11) is 0. The van der Waals surface area contributed by atoms with Crippen LogP contribution in [-0.4, -0.2) is 69.8 Å². The molecule has 39 heavy (non-hydrogen) atoms. The highest BCUT2D eigenvalue weighted by Crippen LogP contribution is 2.43. The van der Waals surface area contributed by atoms with E-state index in [1.165, 1.54) is 38.6 Å². The molecule has 2 aromatic carbocycles. The quantitative estimate of drug-likeness (QED) is 0.468. The van der Waals surface area contributed by atoms with E-state index in [0.717, 1.165) is 59.6 Å². The Hall–Kier alpha value is -2.83. The Morgan fingerprint density at radius 1 is 0.897 bits per heavy atom. The molecular weight excluding hydrogens is 508 g/mol. The minimum absolute atomic E-state index is 0.0356. The average molecular weight is 545 g/mol. The Balaban J connectivity index is 1.16. The van der Waals surface area contributed by atoms with Crippen molar-refractivity contribution in [3.8, 4) is 0 Å². The van der Waals surface area contributed by atoms with E-state index in [0.29, 0.717) is 11.4 Å². The molecule has 1 N–H and O–H groups in total. The molecule has 6 nitrogen and oxygen atoms in total. The van der Waals surface area contributed by atoms with E-state index >= 15 is 0 Å². The van der Waals surface area contributed by atoms with Crippen molar-refractivity contribution in [1.82, 2.24) is 19.7 Å². The van der Waals surface area contributed by atoms with E-state index in [1.807, 2.05) is 46.2 Å². The Kier molecular flexibility index (Phi) is 6.64. The molecule has 4 heterocycles. The number of H-pyrrole nitrogens is 1. The third kappa shape index (κ3) is 4.55. The van der Waals surface area contributed by atoms with E-state index in [9.17, 15) is 9.59 Å². The number of fused-ring (bicyclic) bond motifs is 4. The highest BCUT2D eigenvalue weighted by Gasteiger charge is 2.49. The second-order valence-corrected chi connectivity index (χ2v) is 12.5. The van der Waals surface area contributed by atoms with Crippen LogP contribution in [0.4, 0.5) is 0 Å². The van der Waals surface area contributed by atoms with Gasteiger partial charge in [0.05, 0.1) is 6.04 Å². The Labute approximate surface area is 235 Å². The third-order valence-corrected chi connectivity index (χ3v) is 9.97. The van der Waals surface area contributed by atoms with E-state index in [2.05, 4.69) is 22.0 Å². The fourth-order valence-corrected chi connectivity index (χ4v) is 7.86. The molecule has 2 saturated heterocycles. The van der Waals surface area contributed by atoms with Crippen LogP contribution >= 0.6 is 11.6 Å². The number of para-hydroxylation sites is 1. The lowest BCUT2D eigenvalue weighted by atomic mass is 9.85. The van der Waals surface area contributed by atoms with Crippen molar-refractivity contribution >= 4 is 34.3 Å². The normalized spacial score (nSPS) is 25.3. The molecule has 7 heteroatoms. The average Bonchev–Trinajstić information content (AvgIpc) is 3.34. The number of amides is 2. The monoisotopic (exact) mass is 544 g/mol. The fraction of sp³-hybridized carbons (Fsp3) is 0.500. The number of nitrogens with zero attached hydrogens (tertiary/aromatic N) is 3. The summed E-state index contributed by atoms with van der Waals surface area (Å²) in [6, 6.07) is 15.3. The lowest BCUT2D eigenvalue weighted by Crippen LogP contribution is -2.65. The van der Waals surface area contributed by atoms with Crippen molar-refractivity contribution in [3.63, 3.8) is 0 Å². The molecular formula is C32H37ClN4O2. The van der Waals surface area contributed by atoms with Crippen molar-refractivity contribution < 1.29 is 9.59 Å². The Morgan fingerprint density at radius 3 is 2.41 bits per heavy atom. The van der Waals surface area contributed by atoms with Crippen molar-refractivity contribution in [2.75, 3.05) is 26.2 Å². The molecule has 4 aliphatic rings. The first-order chi connectivity index (χ1) is 19.1. The second kappa shape index (κ2) is 10.3. The number of likely N-dealkylation sites (tertiary alicyclic amines) is 1. The topological polar surface area (TPSA) is 59.7 Å². The third-order valence-electron chi connectivity index (χ3n) is 9.72. The highest BCUT2D eigenvalue weighted by atomic mass is 35.5. The molecule has 3 aromatic rings. The molecule has 2 amide bonds. The predicted octanol–water partition coefficient (Wildman–Crippen LogP) is 5.55. The lowest BCUT2D eigenvalue weighted by molar-refractivity contribution is -0.161. The van der Waals surface area contributed by atoms with Crippen LogP contribution in [0.5, 0.6) is 0 Å². The fourth-order valence-electron chi connectivity index (χ4n) is 7.74. The van der Waals surface area contributed by atoms with Gasteiger partial charge in [0.15, 0.2) is 0 Å². The largest absolute Gasteiger partial charge is 0.356 e. The summed E-state index contributed by atoms with van der Waals surface area (Å²) >= 11 is 6.22. The Bertz CT molecular complexity index is 1370. The van der Waals surface area contributed by atoms with Gasteiger partial charge in [-0.25, -0.2) is 0 Å². The number of halogens is 1. The van der Waals surface area contributed by atoms with E-state index in [4.69, 9.17) is 11.6 Å². The van der Waals surface area contributed by atoms with Gasteiger partial charge in [-0.1, -0.05) is 61.2 Å². The van der Waals surface area contributed by atoms with Crippen LogP contribution in [0, 0.1) is 5.92 Å². The SMILES string of the molecule is O=C1[C@@H]2Cc3c([nH]c4ccccc34)[C@H](c3ccc(Cl)cc3)N2C(=O)CN1C1CCN(CC2CCCCC2)CC1. The van der Waals surface area contributed by atoms with Gasteiger partial charge in [0.1, 0.15) is 12.6 Å². The lowest BCUT2D eigenvalue weighted by Gasteiger charge is -2.50. The first kappa shape index (κ1) is 25.2. The van der Waals surface area contributed by atoms with Gasteiger partial charge in [0.2, 0.25) is 11.8 Å². The van der Waals surface area contributed by atoms with Crippen molar-refractivity contribution in [1.29, 1.82) is 0 Å². The molecule has 3 aliphatic heterocycles. The van der Waals surface area contributed by atoms with Gasteiger partial charge in [-0.15, -0.1) is 0 Å². The van der Waals surface area contributed by atoms with Gasteiger partial charge in [-0.05, 0) is 60.9 Å². The second-order valence-electron chi connectivity index (χ2n) is 12.0. The predicted molar refractivity (Wildman–Crippen MR) is 154 cm³/mol. The van der Waals surface area contributed by atoms with Crippen molar-refractivity contribution in [2.24, 2.45) is 5.92 Å². The summed E-state index contributed by atoms with van der Waals surface area (Å²) in [4.78, 5) is 38.1. The molecule has 2 atom stereocenters. The highest BCUT2D eigenvalue weighted by molar-refractivity contribution is 6.30. The van der Waals surface area contributed by atoms with Crippen LogP contribution in [0.15, 0.2) is 48.5 Å². The maximum atomic E-state index is 14.2. The number of benzene rings is 2. The number of hydrogen-bond donors (Lipinski definition) is 1. The van der Waals surface area contributed by atoms with Gasteiger partial charge in [-0.2, -0.15) is 0 Å². The number of hydrogen-bond acceptors (Lipinski definition) is 3. The summed E-state index contributed by atoms with van der Waals surface area (Å²) in [5, 5.41) is 1.80. The molecule has 204 valence electrons.